The number of methoxy groups -OCH3 is 2. The highest BCUT2D eigenvalue weighted by Gasteiger charge is 2.21. The molecular weight excluding hydrogens is 593 g/mol. The van der Waals surface area contributed by atoms with Crippen LogP contribution < -0.4 is 19.7 Å². The Labute approximate surface area is 248 Å². The van der Waals surface area contributed by atoms with E-state index < -0.39 is 0 Å². The Balaban J connectivity index is 1.65. The Morgan fingerprint density at radius 1 is 0.825 bits per heavy atom. The number of nitrogens with zero attached hydrogens (tertiary/aromatic N) is 7. The van der Waals surface area contributed by atoms with Gasteiger partial charge in [-0.3, -0.25) is 0 Å². The molecule has 0 amide bonds. The van der Waals surface area contributed by atoms with Crippen molar-refractivity contribution in [1.29, 1.82) is 0 Å². The minimum absolute atomic E-state index is 0.0251. The minimum atomic E-state index is -0.181. The summed E-state index contributed by atoms with van der Waals surface area (Å²) in [6.07, 6.45) is 1.67. The second-order valence-electron chi connectivity index (χ2n) is 9.77. The van der Waals surface area contributed by atoms with Gasteiger partial charge < -0.3 is 29.9 Å². The molecule has 0 aliphatic heterocycles. The smallest absolute Gasteiger partial charge is 0.275 e. The Morgan fingerprint density at radius 2 is 1.43 bits per heavy atom. The number of aliphatic hydroxyl groups is 2. The molecule has 4 aromatic heterocycles. The zero-order chi connectivity index (χ0) is 28.8. The lowest BCUT2D eigenvalue weighted by atomic mass is 10.0. The number of anilines is 2. The molecule has 0 saturated carbocycles. The highest BCUT2D eigenvalue weighted by atomic mass is 33.1. The van der Waals surface area contributed by atoms with E-state index in [-0.39, 0.29) is 19.4 Å². The SMILES string of the molecule is COc1nc2nc(SSc3nc(N(CO)CCC(C)C)c4sc(OC)nc4n3)nc(N[C@@H](CO)CC(C)C)c2s1. The number of rotatable bonds is 15. The lowest BCUT2D eigenvalue weighted by Crippen LogP contribution is -2.27. The fourth-order valence-electron chi connectivity index (χ4n) is 3.79. The molecule has 0 spiro atoms. The lowest BCUT2D eigenvalue weighted by Gasteiger charge is -2.22. The van der Waals surface area contributed by atoms with Crippen molar-refractivity contribution in [2.75, 3.05) is 44.3 Å². The summed E-state index contributed by atoms with van der Waals surface area (Å²) in [7, 11) is 5.71. The van der Waals surface area contributed by atoms with Crippen LogP contribution >= 0.6 is 44.3 Å². The van der Waals surface area contributed by atoms with E-state index in [0.29, 0.717) is 62.0 Å². The van der Waals surface area contributed by atoms with Crippen LogP contribution in [0.2, 0.25) is 0 Å². The van der Waals surface area contributed by atoms with Crippen LogP contribution in [-0.2, 0) is 0 Å². The van der Waals surface area contributed by atoms with E-state index >= 15 is 0 Å². The van der Waals surface area contributed by atoms with Gasteiger partial charge in [-0.25, -0.2) is 19.9 Å². The van der Waals surface area contributed by atoms with Crippen molar-refractivity contribution in [3.63, 3.8) is 0 Å². The molecule has 218 valence electrons. The monoisotopic (exact) mass is 626 g/mol. The van der Waals surface area contributed by atoms with Crippen LogP contribution in [0.5, 0.6) is 10.4 Å². The van der Waals surface area contributed by atoms with Gasteiger partial charge in [0.25, 0.3) is 10.4 Å². The number of nitrogens with one attached hydrogen (secondary N) is 1. The molecule has 0 aliphatic rings. The summed E-state index contributed by atoms with van der Waals surface area (Å²) in [5.41, 5.74) is 1.01. The van der Waals surface area contributed by atoms with Crippen LogP contribution in [0.3, 0.4) is 0 Å². The van der Waals surface area contributed by atoms with E-state index in [2.05, 4.69) is 52.9 Å². The third-order valence-corrected chi connectivity index (χ3v) is 9.62. The van der Waals surface area contributed by atoms with E-state index in [9.17, 15) is 10.2 Å². The van der Waals surface area contributed by atoms with Gasteiger partial charge in [-0.1, -0.05) is 50.4 Å². The van der Waals surface area contributed by atoms with E-state index in [1.54, 1.807) is 14.2 Å². The Hall–Kier alpha value is -2.24. The van der Waals surface area contributed by atoms with Gasteiger partial charge in [0.05, 0.1) is 26.9 Å². The van der Waals surface area contributed by atoms with Gasteiger partial charge in [-0.05, 0) is 46.3 Å². The molecule has 12 nitrogen and oxygen atoms in total. The first-order valence-corrected chi connectivity index (χ1v) is 16.6. The standard InChI is InChI=1S/C24H34N8O4S4/c1-12(2)7-8-32(11-34)20-16-19(30-24(36-6)38-16)28-22(31-20)40-39-21-26-17(25-14(10-33)9-13(3)4)15-18(27-21)29-23(35-5)37-15/h12-14,33-34H,7-11H2,1-6H3,(H,25,26,27)/t14-/m1/s1. The van der Waals surface area contributed by atoms with Gasteiger partial charge in [-0.2, -0.15) is 9.97 Å². The van der Waals surface area contributed by atoms with Crippen molar-refractivity contribution < 1.29 is 19.7 Å². The van der Waals surface area contributed by atoms with Crippen LogP contribution in [0.4, 0.5) is 11.6 Å². The maximum atomic E-state index is 10.2. The van der Waals surface area contributed by atoms with Crippen molar-refractivity contribution >= 4 is 76.6 Å². The molecule has 0 aliphatic carbocycles. The van der Waals surface area contributed by atoms with E-state index in [4.69, 9.17) is 19.4 Å². The minimum Gasteiger partial charge on any atom is -0.473 e. The summed E-state index contributed by atoms with van der Waals surface area (Å²) >= 11 is 2.69. The Kier molecular flexibility index (Phi) is 10.8. The van der Waals surface area contributed by atoms with Gasteiger partial charge in [0, 0.05) is 6.54 Å². The summed E-state index contributed by atoms with van der Waals surface area (Å²) in [6, 6.07) is -0.167. The van der Waals surface area contributed by atoms with Crippen LogP contribution in [0.15, 0.2) is 10.3 Å². The molecule has 4 aromatic rings. The average molecular weight is 627 g/mol. The van der Waals surface area contributed by atoms with Crippen molar-refractivity contribution in [1.82, 2.24) is 29.9 Å². The quantitative estimate of drug-likeness (QED) is 0.0929. The van der Waals surface area contributed by atoms with Crippen molar-refractivity contribution in [3.8, 4) is 10.4 Å². The highest BCUT2D eigenvalue weighted by Crippen LogP contribution is 2.41. The molecule has 0 bridgehead atoms. The lowest BCUT2D eigenvalue weighted by molar-refractivity contribution is 0.259. The fourth-order valence-corrected chi connectivity index (χ4v) is 6.95. The number of aliphatic hydroxyl groups excluding tert-OH is 2. The fraction of sp³-hybridized carbons (Fsp3) is 0.583. The zero-order valence-electron chi connectivity index (χ0n) is 23.2. The van der Waals surface area contributed by atoms with Crippen molar-refractivity contribution in [2.45, 2.75) is 56.9 Å². The normalized spacial score (nSPS) is 12.6. The first-order chi connectivity index (χ1) is 19.2. The maximum absolute atomic E-state index is 10.2. The number of ether oxygens (including phenoxy) is 2. The van der Waals surface area contributed by atoms with Crippen LogP contribution in [0.25, 0.3) is 20.7 Å². The predicted molar refractivity (Wildman–Crippen MR) is 163 cm³/mol. The van der Waals surface area contributed by atoms with Gasteiger partial charge in [0.2, 0.25) is 10.3 Å². The number of fused-ring (bicyclic) bond motifs is 2. The topological polar surface area (TPSA) is 152 Å². The molecule has 0 radical (unpaired) electrons. The number of hydrogen-bond donors (Lipinski definition) is 3. The van der Waals surface area contributed by atoms with E-state index in [1.807, 2.05) is 4.90 Å². The first kappa shape index (κ1) is 30.7. The Bertz CT molecular complexity index is 1420. The third-order valence-electron chi connectivity index (χ3n) is 5.71. The van der Waals surface area contributed by atoms with Gasteiger partial charge >= 0.3 is 0 Å². The largest absolute Gasteiger partial charge is 0.473 e. The number of thiazole rings is 2. The maximum Gasteiger partial charge on any atom is 0.275 e. The molecule has 0 saturated heterocycles. The zero-order valence-corrected chi connectivity index (χ0v) is 26.5. The number of aromatic nitrogens is 6. The summed E-state index contributed by atoms with van der Waals surface area (Å²) < 4.78 is 12.2. The molecule has 0 unspecified atom stereocenters. The van der Waals surface area contributed by atoms with E-state index in [0.717, 1.165) is 22.2 Å². The molecule has 0 fully saturated rings. The van der Waals surface area contributed by atoms with Crippen LogP contribution in [0, 0.1) is 11.8 Å². The predicted octanol–water partition coefficient (Wildman–Crippen LogP) is 4.92. The molecule has 40 heavy (non-hydrogen) atoms. The molecule has 3 N–H and O–H groups in total. The summed E-state index contributed by atoms with van der Waals surface area (Å²) in [4.78, 5) is 29.6. The molecule has 4 rings (SSSR count). The third kappa shape index (κ3) is 7.53. The number of hydrogen-bond acceptors (Lipinski definition) is 16. The van der Waals surface area contributed by atoms with Gasteiger partial charge in [-0.15, -0.1) is 0 Å². The van der Waals surface area contributed by atoms with Crippen molar-refractivity contribution in [3.05, 3.63) is 0 Å². The molecular formula is C24H34N8O4S4. The summed E-state index contributed by atoms with van der Waals surface area (Å²) in [5.74, 6) is 2.07. The average Bonchev–Trinajstić information content (AvgIpc) is 3.55. The van der Waals surface area contributed by atoms with Gasteiger partial charge in [0.15, 0.2) is 22.9 Å². The summed E-state index contributed by atoms with van der Waals surface area (Å²) in [5, 5.41) is 25.3. The Morgan fingerprint density at radius 3 is 1.98 bits per heavy atom. The van der Waals surface area contributed by atoms with Crippen LogP contribution in [-0.4, -0.2) is 80.3 Å². The molecule has 1 atom stereocenters. The van der Waals surface area contributed by atoms with Crippen LogP contribution in [0.1, 0.15) is 40.5 Å². The second kappa shape index (κ2) is 14.1. The molecule has 0 aromatic carbocycles. The highest BCUT2D eigenvalue weighted by molar-refractivity contribution is 8.76. The van der Waals surface area contributed by atoms with Crippen molar-refractivity contribution in [2.24, 2.45) is 11.8 Å². The summed E-state index contributed by atoms with van der Waals surface area (Å²) in [6.45, 7) is 8.93. The van der Waals surface area contributed by atoms with E-state index in [1.165, 1.54) is 44.3 Å². The molecule has 16 heteroatoms. The molecule has 4 heterocycles. The second-order valence-corrected chi connectivity index (χ2v) is 13.8. The first-order valence-electron chi connectivity index (χ1n) is 12.8. The van der Waals surface area contributed by atoms with Gasteiger partial charge in [0.1, 0.15) is 16.1 Å².